The van der Waals surface area contributed by atoms with Gasteiger partial charge in [-0.05, 0) is 75.4 Å². The predicted octanol–water partition coefficient (Wildman–Crippen LogP) is 6.52. The number of carbonyl (C=O) groups is 1. The first-order valence-corrected chi connectivity index (χ1v) is 9.17. The summed E-state index contributed by atoms with van der Waals surface area (Å²) < 4.78 is 5.28. The van der Waals surface area contributed by atoms with E-state index < -0.39 is 11.7 Å². The molecule has 144 valence electrons. The van der Waals surface area contributed by atoms with Crippen molar-refractivity contribution in [3.63, 3.8) is 0 Å². The number of para-hydroxylation sites is 1. The lowest BCUT2D eigenvalue weighted by molar-refractivity contribution is 0.0636. The summed E-state index contributed by atoms with van der Waals surface area (Å²) in [5.74, 6) is 0. The summed E-state index contributed by atoms with van der Waals surface area (Å²) in [6.45, 7) is 5.50. The van der Waals surface area contributed by atoms with Crippen molar-refractivity contribution in [2.75, 3.05) is 16.0 Å². The van der Waals surface area contributed by atoms with E-state index in [0.717, 1.165) is 22.7 Å². The minimum Gasteiger partial charge on any atom is -0.444 e. The first kappa shape index (κ1) is 19.3. The van der Waals surface area contributed by atoms with Crippen LogP contribution in [0.2, 0.25) is 0 Å². The van der Waals surface area contributed by atoms with E-state index in [0.29, 0.717) is 5.69 Å². The first-order chi connectivity index (χ1) is 13.4. The van der Waals surface area contributed by atoms with Gasteiger partial charge >= 0.3 is 6.09 Å². The van der Waals surface area contributed by atoms with Crippen LogP contribution >= 0.6 is 0 Å². The molecule has 3 rings (SSSR count). The van der Waals surface area contributed by atoms with Crippen LogP contribution in [0.4, 0.5) is 33.2 Å². The fourth-order valence-corrected chi connectivity index (χ4v) is 2.59. The Morgan fingerprint density at radius 1 is 0.679 bits per heavy atom. The summed E-state index contributed by atoms with van der Waals surface area (Å²) in [6.07, 6.45) is -0.471. The maximum atomic E-state index is 11.9. The molecule has 5 nitrogen and oxygen atoms in total. The SMILES string of the molecule is CC(C)(C)OC(=O)Nc1cccc(Nc2ccc(Nc3ccccc3)cc2)c1. The van der Waals surface area contributed by atoms with Gasteiger partial charge in [-0.3, -0.25) is 5.32 Å². The van der Waals surface area contributed by atoms with Gasteiger partial charge in [0.25, 0.3) is 0 Å². The molecule has 0 radical (unpaired) electrons. The number of nitrogens with one attached hydrogen (secondary N) is 3. The number of anilines is 5. The third kappa shape index (κ3) is 6.06. The summed E-state index contributed by atoms with van der Waals surface area (Å²) in [5.41, 5.74) is 4.02. The average Bonchev–Trinajstić information content (AvgIpc) is 2.63. The average molecular weight is 375 g/mol. The normalized spacial score (nSPS) is 10.8. The van der Waals surface area contributed by atoms with Crippen molar-refractivity contribution in [2.45, 2.75) is 26.4 Å². The number of rotatable bonds is 5. The van der Waals surface area contributed by atoms with E-state index in [1.165, 1.54) is 0 Å². The number of amides is 1. The van der Waals surface area contributed by atoms with E-state index in [4.69, 9.17) is 4.74 Å². The van der Waals surface area contributed by atoms with Crippen LogP contribution in [0.15, 0.2) is 78.9 Å². The highest BCUT2D eigenvalue weighted by Gasteiger charge is 2.16. The van der Waals surface area contributed by atoms with Gasteiger partial charge in [0.2, 0.25) is 0 Å². The smallest absolute Gasteiger partial charge is 0.412 e. The molecule has 1 amide bonds. The molecule has 0 spiro atoms. The molecule has 0 aliphatic carbocycles. The zero-order valence-electron chi connectivity index (χ0n) is 16.3. The van der Waals surface area contributed by atoms with Crippen molar-refractivity contribution in [3.8, 4) is 0 Å². The van der Waals surface area contributed by atoms with Crippen LogP contribution in [0.25, 0.3) is 0 Å². The minimum absolute atomic E-state index is 0.471. The van der Waals surface area contributed by atoms with E-state index in [2.05, 4.69) is 16.0 Å². The Labute approximate surface area is 165 Å². The summed E-state index contributed by atoms with van der Waals surface area (Å²) in [5, 5.41) is 9.44. The molecule has 0 unspecified atom stereocenters. The quantitative estimate of drug-likeness (QED) is 0.475. The van der Waals surface area contributed by atoms with Crippen molar-refractivity contribution < 1.29 is 9.53 Å². The van der Waals surface area contributed by atoms with Crippen LogP contribution in [0.3, 0.4) is 0 Å². The minimum atomic E-state index is -0.532. The zero-order valence-corrected chi connectivity index (χ0v) is 16.3. The van der Waals surface area contributed by atoms with Crippen molar-refractivity contribution in [3.05, 3.63) is 78.9 Å². The fraction of sp³-hybridized carbons (Fsp3) is 0.174. The van der Waals surface area contributed by atoms with E-state index in [9.17, 15) is 4.79 Å². The molecule has 0 atom stereocenters. The maximum absolute atomic E-state index is 11.9. The van der Waals surface area contributed by atoms with Gasteiger partial charge in [0.05, 0.1) is 0 Å². The molecule has 0 aromatic heterocycles. The lowest BCUT2D eigenvalue weighted by Gasteiger charge is -2.19. The molecular weight excluding hydrogens is 350 g/mol. The van der Waals surface area contributed by atoms with Gasteiger partial charge in [-0.2, -0.15) is 0 Å². The highest BCUT2D eigenvalue weighted by Crippen LogP contribution is 2.23. The molecule has 0 aliphatic heterocycles. The monoisotopic (exact) mass is 375 g/mol. The summed E-state index contributed by atoms with van der Waals surface area (Å²) in [6, 6.07) is 25.6. The van der Waals surface area contributed by atoms with Crippen LogP contribution < -0.4 is 16.0 Å². The van der Waals surface area contributed by atoms with Gasteiger partial charge in [0, 0.05) is 28.4 Å². The second-order valence-electron chi connectivity index (χ2n) is 7.40. The zero-order chi connectivity index (χ0) is 20.0. The highest BCUT2D eigenvalue weighted by molar-refractivity contribution is 5.86. The number of carbonyl (C=O) groups excluding carboxylic acids is 1. The highest BCUT2D eigenvalue weighted by atomic mass is 16.6. The largest absolute Gasteiger partial charge is 0.444 e. The molecule has 28 heavy (non-hydrogen) atoms. The van der Waals surface area contributed by atoms with Crippen molar-refractivity contribution in [1.29, 1.82) is 0 Å². The van der Waals surface area contributed by atoms with E-state index >= 15 is 0 Å². The van der Waals surface area contributed by atoms with Crippen molar-refractivity contribution >= 4 is 34.5 Å². The van der Waals surface area contributed by atoms with Crippen molar-refractivity contribution in [2.24, 2.45) is 0 Å². The molecule has 3 aromatic carbocycles. The van der Waals surface area contributed by atoms with Crippen LogP contribution in [-0.4, -0.2) is 11.7 Å². The summed E-state index contributed by atoms with van der Waals surface area (Å²) in [7, 11) is 0. The summed E-state index contributed by atoms with van der Waals surface area (Å²) in [4.78, 5) is 11.9. The fourth-order valence-electron chi connectivity index (χ4n) is 2.59. The molecule has 0 heterocycles. The van der Waals surface area contributed by atoms with Gasteiger partial charge in [0.1, 0.15) is 5.60 Å². The number of hydrogen-bond donors (Lipinski definition) is 3. The van der Waals surface area contributed by atoms with E-state index in [1.807, 2.05) is 99.6 Å². The second-order valence-corrected chi connectivity index (χ2v) is 7.40. The molecule has 0 saturated heterocycles. The second kappa shape index (κ2) is 8.48. The van der Waals surface area contributed by atoms with Crippen LogP contribution in [0, 0.1) is 0 Å². The molecule has 0 bridgehead atoms. The topological polar surface area (TPSA) is 62.4 Å². The van der Waals surface area contributed by atoms with E-state index in [1.54, 1.807) is 0 Å². The Kier molecular flexibility index (Phi) is 5.84. The van der Waals surface area contributed by atoms with Crippen molar-refractivity contribution in [1.82, 2.24) is 0 Å². The standard InChI is InChI=1S/C23H25N3O2/c1-23(2,3)28-22(27)26-21-11-7-10-20(16-21)25-19-14-12-18(13-15-19)24-17-8-5-4-6-9-17/h4-16,24-25H,1-3H3,(H,26,27). The molecule has 3 aromatic rings. The number of ether oxygens (including phenoxy) is 1. The Morgan fingerprint density at radius 2 is 1.18 bits per heavy atom. The van der Waals surface area contributed by atoms with Crippen LogP contribution in [0.5, 0.6) is 0 Å². The van der Waals surface area contributed by atoms with Gasteiger partial charge < -0.3 is 15.4 Å². The maximum Gasteiger partial charge on any atom is 0.412 e. The number of hydrogen-bond acceptors (Lipinski definition) is 4. The van der Waals surface area contributed by atoms with Gasteiger partial charge in [0.15, 0.2) is 0 Å². The third-order valence-corrected chi connectivity index (χ3v) is 3.74. The molecule has 0 saturated carbocycles. The van der Waals surface area contributed by atoms with Gasteiger partial charge in [-0.25, -0.2) is 4.79 Å². The Hall–Kier alpha value is -3.47. The van der Waals surface area contributed by atoms with E-state index in [-0.39, 0.29) is 0 Å². The van der Waals surface area contributed by atoms with Crippen LogP contribution in [0.1, 0.15) is 20.8 Å². The lowest BCUT2D eigenvalue weighted by atomic mass is 10.2. The molecule has 3 N–H and O–H groups in total. The van der Waals surface area contributed by atoms with Gasteiger partial charge in [-0.1, -0.05) is 24.3 Å². The summed E-state index contributed by atoms with van der Waals surface area (Å²) >= 11 is 0. The molecule has 0 fully saturated rings. The Morgan fingerprint density at radius 3 is 1.79 bits per heavy atom. The molecular formula is C23H25N3O2. The Bertz CT molecular complexity index is 917. The van der Waals surface area contributed by atoms with Gasteiger partial charge in [-0.15, -0.1) is 0 Å². The third-order valence-electron chi connectivity index (χ3n) is 3.74. The Balaban J connectivity index is 1.61. The molecule has 5 heteroatoms. The molecule has 0 aliphatic rings. The first-order valence-electron chi connectivity index (χ1n) is 9.17. The number of benzene rings is 3. The van der Waals surface area contributed by atoms with Crippen LogP contribution in [-0.2, 0) is 4.74 Å². The predicted molar refractivity (Wildman–Crippen MR) is 116 cm³/mol. The lowest BCUT2D eigenvalue weighted by Crippen LogP contribution is -2.27.